The van der Waals surface area contributed by atoms with E-state index in [1.165, 1.54) is 11.6 Å². The van der Waals surface area contributed by atoms with E-state index in [1.807, 2.05) is 6.07 Å². The van der Waals surface area contributed by atoms with Gasteiger partial charge in [0.15, 0.2) is 0 Å². The topological polar surface area (TPSA) is 19.4 Å². The molecule has 0 unspecified atom stereocenters. The molecule has 3 nitrogen and oxygen atoms in total. The molecule has 2 aromatic rings. The normalized spacial score (nSPS) is 16.2. The summed E-state index contributed by atoms with van der Waals surface area (Å²) in [5, 5.41) is 0. The first-order valence-corrected chi connectivity index (χ1v) is 7.84. The van der Waals surface area contributed by atoms with Crippen molar-refractivity contribution in [3.05, 3.63) is 58.4 Å². The molecule has 3 rings (SSSR count). The van der Waals surface area contributed by atoms with Crippen LogP contribution in [0.5, 0.6) is 0 Å². The van der Waals surface area contributed by atoms with E-state index < -0.39 is 5.95 Å². The second-order valence-corrected chi connectivity index (χ2v) is 6.12. The van der Waals surface area contributed by atoms with E-state index in [9.17, 15) is 4.39 Å². The predicted octanol–water partition coefficient (Wildman–Crippen LogP) is 3.31. The highest BCUT2D eigenvalue weighted by Crippen LogP contribution is 2.16. The molecule has 0 aliphatic carbocycles. The number of nitrogens with zero attached hydrogens (tertiary/aromatic N) is 3. The molecule has 1 aliphatic heterocycles. The van der Waals surface area contributed by atoms with Crippen molar-refractivity contribution in [3.63, 3.8) is 0 Å². The number of piperazine rings is 1. The van der Waals surface area contributed by atoms with Crippen LogP contribution in [-0.4, -0.2) is 36.1 Å². The number of hydrogen-bond acceptors (Lipinski definition) is 3. The van der Waals surface area contributed by atoms with Gasteiger partial charge in [0.25, 0.3) is 0 Å². The molecule has 0 bridgehead atoms. The first kappa shape index (κ1) is 14.5. The fourth-order valence-corrected chi connectivity index (χ4v) is 2.82. The highest BCUT2D eigenvalue weighted by Gasteiger charge is 2.18. The van der Waals surface area contributed by atoms with E-state index in [1.54, 1.807) is 6.07 Å². The summed E-state index contributed by atoms with van der Waals surface area (Å²) < 4.78 is 14.3. The summed E-state index contributed by atoms with van der Waals surface area (Å²) in [6.07, 6.45) is 0. The highest BCUT2D eigenvalue weighted by molar-refractivity contribution is 9.10. The molecule has 0 saturated carbocycles. The van der Waals surface area contributed by atoms with Crippen molar-refractivity contribution < 1.29 is 4.39 Å². The summed E-state index contributed by atoms with van der Waals surface area (Å²) in [7, 11) is 0. The first-order chi connectivity index (χ1) is 10.2. The monoisotopic (exact) mass is 349 g/mol. The predicted molar refractivity (Wildman–Crippen MR) is 85.8 cm³/mol. The van der Waals surface area contributed by atoms with E-state index in [-0.39, 0.29) is 0 Å². The van der Waals surface area contributed by atoms with Gasteiger partial charge in [-0.3, -0.25) is 4.90 Å². The number of benzene rings is 1. The Morgan fingerprint density at radius 2 is 1.71 bits per heavy atom. The van der Waals surface area contributed by atoms with E-state index in [4.69, 9.17) is 0 Å². The molecule has 0 N–H and O–H groups in total. The molecule has 0 radical (unpaired) electrons. The van der Waals surface area contributed by atoms with Crippen molar-refractivity contribution in [1.29, 1.82) is 0 Å². The average Bonchev–Trinajstić information content (AvgIpc) is 2.50. The molecule has 1 fully saturated rings. The summed E-state index contributed by atoms with van der Waals surface area (Å²) in [6, 6.07) is 13.4. The lowest BCUT2D eigenvalue weighted by Crippen LogP contribution is -2.46. The van der Waals surface area contributed by atoms with Gasteiger partial charge < -0.3 is 4.90 Å². The van der Waals surface area contributed by atoms with Crippen LogP contribution in [0.4, 0.5) is 10.2 Å². The fourth-order valence-electron chi connectivity index (χ4n) is 2.56. The Morgan fingerprint density at radius 3 is 2.38 bits per heavy atom. The van der Waals surface area contributed by atoms with Crippen molar-refractivity contribution in [2.75, 3.05) is 31.1 Å². The number of aromatic nitrogens is 1. The standard InChI is InChI=1S/C16H17BrFN3/c17-14-6-4-13(5-7-14)12-20-8-10-21(11-9-20)16-3-1-2-15(18)19-16/h1-7H,8-12H2. The Labute approximate surface area is 132 Å². The Balaban J connectivity index is 1.56. The number of halogens is 2. The largest absolute Gasteiger partial charge is 0.354 e. The van der Waals surface area contributed by atoms with Crippen molar-refractivity contribution in [1.82, 2.24) is 9.88 Å². The fraction of sp³-hybridized carbons (Fsp3) is 0.312. The lowest BCUT2D eigenvalue weighted by atomic mass is 10.2. The summed E-state index contributed by atoms with van der Waals surface area (Å²) in [4.78, 5) is 8.51. The van der Waals surface area contributed by atoms with Crippen molar-refractivity contribution in [3.8, 4) is 0 Å². The van der Waals surface area contributed by atoms with Gasteiger partial charge in [0.1, 0.15) is 5.82 Å². The zero-order valence-electron chi connectivity index (χ0n) is 11.7. The molecule has 110 valence electrons. The molecule has 1 saturated heterocycles. The van der Waals surface area contributed by atoms with Gasteiger partial charge >= 0.3 is 0 Å². The van der Waals surface area contributed by atoms with E-state index in [2.05, 4.69) is 55.0 Å². The quantitative estimate of drug-likeness (QED) is 0.792. The molecule has 0 amide bonds. The van der Waals surface area contributed by atoms with Crippen LogP contribution in [0.1, 0.15) is 5.56 Å². The second-order valence-electron chi connectivity index (χ2n) is 5.21. The summed E-state index contributed by atoms with van der Waals surface area (Å²) in [5.41, 5.74) is 1.32. The third kappa shape index (κ3) is 3.80. The van der Waals surface area contributed by atoms with Gasteiger partial charge in [-0.15, -0.1) is 0 Å². The van der Waals surface area contributed by atoms with Crippen LogP contribution in [0.3, 0.4) is 0 Å². The third-order valence-electron chi connectivity index (χ3n) is 3.72. The van der Waals surface area contributed by atoms with Gasteiger partial charge in [0.05, 0.1) is 0 Å². The summed E-state index contributed by atoms with van der Waals surface area (Å²) in [5.74, 6) is 0.322. The lowest BCUT2D eigenvalue weighted by Gasteiger charge is -2.35. The van der Waals surface area contributed by atoms with Crippen LogP contribution in [-0.2, 0) is 6.54 Å². The maximum absolute atomic E-state index is 13.2. The van der Waals surface area contributed by atoms with E-state index in [0.29, 0.717) is 0 Å². The zero-order valence-corrected chi connectivity index (χ0v) is 13.3. The Hall–Kier alpha value is -1.46. The van der Waals surface area contributed by atoms with E-state index in [0.717, 1.165) is 43.0 Å². The molecule has 0 atom stereocenters. The van der Waals surface area contributed by atoms with Crippen molar-refractivity contribution >= 4 is 21.7 Å². The highest BCUT2D eigenvalue weighted by atomic mass is 79.9. The molecule has 1 aromatic heterocycles. The maximum atomic E-state index is 13.2. The van der Waals surface area contributed by atoms with Crippen LogP contribution in [0, 0.1) is 5.95 Å². The maximum Gasteiger partial charge on any atom is 0.214 e. The number of hydrogen-bond donors (Lipinski definition) is 0. The molecular weight excluding hydrogens is 333 g/mol. The molecule has 0 spiro atoms. The average molecular weight is 350 g/mol. The molecule has 1 aliphatic rings. The lowest BCUT2D eigenvalue weighted by molar-refractivity contribution is 0.249. The minimum Gasteiger partial charge on any atom is -0.354 e. The van der Waals surface area contributed by atoms with Crippen molar-refractivity contribution in [2.24, 2.45) is 0 Å². The van der Waals surface area contributed by atoms with Gasteiger partial charge in [0, 0.05) is 37.2 Å². The molecule has 1 aromatic carbocycles. The van der Waals surface area contributed by atoms with Gasteiger partial charge in [-0.05, 0) is 29.8 Å². The van der Waals surface area contributed by atoms with Gasteiger partial charge in [-0.25, -0.2) is 4.98 Å². The minimum atomic E-state index is -0.412. The van der Waals surface area contributed by atoms with Gasteiger partial charge in [-0.1, -0.05) is 34.1 Å². The molecular formula is C16H17BrFN3. The minimum absolute atomic E-state index is 0.412. The first-order valence-electron chi connectivity index (χ1n) is 7.05. The Kier molecular flexibility index (Phi) is 4.51. The Bertz CT molecular complexity index is 595. The molecule has 2 heterocycles. The zero-order chi connectivity index (χ0) is 14.7. The van der Waals surface area contributed by atoms with Crippen LogP contribution in [0.25, 0.3) is 0 Å². The number of pyridine rings is 1. The SMILES string of the molecule is Fc1cccc(N2CCN(Cc3ccc(Br)cc3)CC2)n1. The van der Waals surface area contributed by atoms with E-state index >= 15 is 0 Å². The van der Waals surface area contributed by atoms with Gasteiger partial charge in [-0.2, -0.15) is 4.39 Å². The summed E-state index contributed by atoms with van der Waals surface area (Å²) >= 11 is 3.45. The van der Waals surface area contributed by atoms with Crippen LogP contribution in [0.2, 0.25) is 0 Å². The molecule has 5 heteroatoms. The number of anilines is 1. The number of rotatable bonds is 3. The van der Waals surface area contributed by atoms with Crippen molar-refractivity contribution in [2.45, 2.75) is 6.54 Å². The summed E-state index contributed by atoms with van der Waals surface area (Å²) in [6.45, 7) is 4.65. The van der Waals surface area contributed by atoms with Gasteiger partial charge in [0.2, 0.25) is 5.95 Å². The van der Waals surface area contributed by atoms with Crippen LogP contribution in [0.15, 0.2) is 46.9 Å². The Morgan fingerprint density at radius 1 is 1.00 bits per heavy atom. The smallest absolute Gasteiger partial charge is 0.214 e. The van der Waals surface area contributed by atoms with Crippen LogP contribution >= 0.6 is 15.9 Å². The third-order valence-corrected chi connectivity index (χ3v) is 4.24. The second kappa shape index (κ2) is 6.54. The molecule has 21 heavy (non-hydrogen) atoms. The van der Waals surface area contributed by atoms with Crippen LogP contribution < -0.4 is 4.90 Å².